The van der Waals surface area contributed by atoms with E-state index in [0.717, 1.165) is 0 Å². The first-order valence-electron chi connectivity index (χ1n) is 10.2. The van der Waals surface area contributed by atoms with Crippen LogP contribution in [0.25, 0.3) is 16.9 Å². The number of para-hydroxylation sites is 1. The fourth-order valence-corrected chi connectivity index (χ4v) is 3.82. The van der Waals surface area contributed by atoms with Crippen LogP contribution >= 0.6 is 0 Å². The zero-order valence-electron chi connectivity index (χ0n) is 18.1. The summed E-state index contributed by atoms with van der Waals surface area (Å²) in [6.07, 6.45) is 0. The van der Waals surface area contributed by atoms with E-state index in [1.54, 1.807) is 47.0 Å². The van der Waals surface area contributed by atoms with Crippen molar-refractivity contribution in [3.63, 3.8) is 0 Å². The van der Waals surface area contributed by atoms with E-state index in [9.17, 15) is 14.4 Å². The zero-order valence-corrected chi connectivity index (χ0v) is 18.1. The van der Waals surface area contributed by atoms with Crippen molar-refractivity contribution in [1.29, 1.82) is 0 Å². The summed E-state index contributed by atoms with van der Waals surface area (Å²) in [7, 11) is 2.44. The van der Waals surface area contributed by atoms with Crippen LogP contribution < -0.4 is 0 Å². The van der Waals surface area contributed by atoms with Gasteiger partial charge in [0.25, 0.3) is 0 Å². The van der Waals surface area contributed by atoms with Crippen molar-refractivity contribution < 1.29 is 23.9 Å². The van der Waals surface area contributed by atoms with E-state index >= 15 is 0 Å². The first kappa shape index (κ1) is 21.8. The van der Waals surface area contributed by atoms with Crippen molar-refractivity contribution in [2.45, 2.75) is 0 Å². The van der Waals surface area contributed by atoms with Crippen LogP contribution in [0.1, 0.15) is 36.8 Å². The molecule has 0 saturated heterocycles. The molecule has 0 bridgehead atoms. The first-order chi connectivity index (χ1) is 16.1. The monoisotopic (exact) mass is 439 g/mol. The van der Waals surface area contributed by atoms with Crippen LogP contribution in [0.2, 0.25) is 0 Å². The van der Waals surface area contributed by atoms with Gasteiger partial charge in [-0.3, -0.25) is 4.79 Å². The average Bonchev–Trinajstić information content (AvgIpc) is 3.25. The number of aromatic nitrogens is 1. The summed E-state index contributed by atoms with van der Waals surface area (Å²) in [6.45, 7) is 0. The summed E-state index contributed by atoms with van der Waals surface area (Å²) in [6, 6.07) is 26.8. The Balaban J connectivity index is 2.21. The lowest BCUT2D eigenvalue weighted by Crippen LogP contribution is -2.16. The molecule has 1 aromatic heterocycles. The number of ether oxygens (including phenoxy) is 2. The fourth-order valence-electron chi connectivity index (χ4n) is 3.82. The Morgan fingerprint density at radius 1 is 0.636 bits per heavy atom. The molecule has 0 N–H and O–H groups in total. The van der Waals surface area contributed by atoms with Crippen molar-refractivity contribution >= 4 is 17.7 Å². The van der Waals surface area contributed by atoms with Crippen molar-refractivity contribution in [3.05, 3.63) is 113 Å². The van der Waals surface area contributed by atoms with Gasteiger partial charge in [-0.25, -0.2) is 9.59 Å². The molecule has 0 fully saturated rings. The summed E-state index contributed by atoms with van der Waals surface area (Å²) in [5.41, 5.74) is 1.88. The highest BCUT2D eigenvalue weighted by molar-refractivity contribution is 6.21. The van der Waals surface area contributed by atoms with E-state index < -0.39 is 17.7 Å². The summed E-state index contributed by atoms with van der Waals surface area (Å²) in [5, 5.41) is 0. The second-order valence-corrected chi connectivity index (χ2v) is 7.16. The van der Waals surface area contributed by atoms with Gasteiger partial charge in [0.05, 0.1) is 25.5 Å². The highest BCUT2D eigenvalue weighted by Gasteiger charge is 2.36. The third-order valence-electron chi connectivity index (χ3n) is 5.26. The SMILES string of the molecule is COC(=O)c1c(C(=O)c2ccccc2)c(-c2ccccc2)n(-c2ccccc2)c1C(=O)OC. The number of benzene rings is 3. The summed E-state index contributed by atoms with van der Waals surface area (Å²) >= 11 is 0. The maximum atomic E-state index is 13.8. The molecule has 0 aliphatic carbocycles. The molecule has 33 heavy (non-hydrogen) atoms. The van der Waals surface area contributed by atoms with Crippen molar-refractivity contribution in [2.24, 2.45) is 0 Å². The van der Waals surface area contributed by atoms with Gasteiger partial charge in [-0.15, -0.1) is 0 Å². The Morgan fingerprint density at radius 3 is 1.70 bits per heavy atom. The van der Waals surface area contributed by atoms with E-state index in [2.05, 4.69) is 0 Å². The fraction of sp³-hybridized carbons (Fsp3) is 0.0741. The number of hydrogen-bond donors (Lipinski definition) is 0. The van der Waals surface area contributed by atoms with Gasteiger partial charge in [-0.2, -0.15) is 0 Å². The average molecular weight is 439 g/mol. The molecular formula is C27H21NO5. The van der Waals surface area contributed by atoms with E-state index in [0.29, 0.717) is 22.5 Å². The zero-order chi connectivity index (χ0) is 23.4. The Kier molecular flexibility index (Phi) is 6.17. The van der Waals surface area contributed by atoms with Gasteiger partial charge in [0.1, 0.15) is 11.3 Å². The molecule has 0 amide bonds. The second kappa shape index (κ2) is 9.36. The molecule has 1 heterocycles. The molecule has 164 valence electrons. The Hall–Kier alpha value is -4.45. The normalized spacial score (nSPS) is 10.5. The molecule has 0 spiro atoms. The number of hydrogen-bond acceptors (Lipinski definition) is 5. The predicted molar refractivity (Wildman–Crippen MR) is 124 cm³/mol. The van der Waals surface area contributed by atoms with Crippen LogP contribution in [0.3, 0.4) is 0 Å². The summed E-state index contributed by atoms with van der Waals surface area (Å²) < 4.78 is 11.7. The van der Waals surface area contributed by atoms with E-state index in [-0.39, 0.29) is 16.8 Å². The van der Waals surface area contributed by atoms with Crippen LogP contribution in [0, 0.1) is 0 Å². The highest BCUT2D eigenvalue weighted by atomic mass is 16.5. The number of carbonyl (C=O) groups excluding carboxylic acids is 3. The molecule has 4 rings (SSSR count). The molecule has 4 aromatic rings. The molecule has 0 aliphatic rings. The van der Waals surface area contributed by atoms with Gasteiger partial charge in [-0.05, 0) is 17.7 Å². The maximum Gasteiger partial charge on any atom is 0.355 e. The van der Waals surface area contributed by atoms with Crippen molar-refractivity contribution in [2.75, 3.05) is 14.2 Å². The number of nitrogens with zero attached hydrogens (tertiary/aromatic N) is 1. The minimum atomic E-state index is -0.804. The van der Waals surface area contributed by atoms with E-state index in [4.69, 9.17) is 9.47 Å². The molecule has 3 aromatic carbocycles. The topological polar surface area (TPSA) is 74.6 Å². The Morgan fingerprint density at radius 2 is 1.15 bits per heavy atom. The van der Waals surface area contributed by atoms with Gasteiger partial charge in [0.15, 0.2) is 5.78 Å². The predicted octanol–water partition coefficient (Wildman–Crippen LogP) is 4.95. The molecule has 6 heteroatoms. The van der Waals surface area contributed by atoms with Gasteiger partial charge in [-0.1, -0.05) is 78.9 Å². The number of esters is 2. The summed E-state index contributed by atoms with van der Waals surface area (Å²) in [4.78, 5) is 39.9. The maximum absolute atomic E-state index is 13.8. The lowest BCUT2D eigenvalue weighted by Gasteiger charge is -2.14. The Bertz CT molecular complexity index is 1310. The van der Waals surface area contributed by atoms with Crippen molar-refractivity contribution in [1.82, 2.24) is 4.57 Å². The quantitative estimate of drug-likeness (QED) is 0.314. The Labute approximate surface area is 191 Å². The summed E-state index contributed by atoms with van der Waals surface area (Å²) in [5.74, 6) is -1.97. The van der Waals surface area contributed by atoms with Crippen LogP contribution in [-0.4, -0.2) is 36.5 Å². The minimum absolute atomic E-state index is 0.0727. The minimum Gasteiger partial charge on any atom is -0.465 e. The highest BCUT2D eigenvalue weighted by Crippen LogP contribution is 2.37. The second-order valence-electron chi connectivity index (χ2n) is 7.16. The molecule has 6 nitrogen and oxygen atoms in total. The van der Waals surface area contributed by atoms with Crippen molar-refractivity contribution in [3.8, 4) is 16.9 Å². The standard InChI is InChI=1S/C27H21NO5/c1-32-26(30)22-21(25(29)19-14-8-4-9-15-19)23(18-12-6-3-7-13-18)28(24(22)27(31)33-2)20-16-10-5-11-17-20/h3-17H,1-2H3. The number of methoxy groups -OCH3 is 2. The molecule has 0 unspecified atom stereocenters. The van der Waals surface area contributed by atoms with Crippen LogP contribution in [-0.2, 0) is 9.47 Å². The molecule has 0 aliphatic heterocycles. The van der Waals surface area contributed by atoms with Crippen LogP contribution in [0.4, 0.5) is 0 Å². The van der Waals surface area contributed by atoms with Crippen LogP contribution in [0.15, 0.2) is 91.0 Å². The molecule has 0 radical (unpaired) electrons. The lowest BCUT2D eigenvalue weighted by atomic mass is 9.95. The van der Waals surface area contributed by atoms with E-state index in [1.165, 1.54) is 14.2 Å². The first-order valence-corrected chi connectivity index (χ1v) is 10.2. The van der Waals surface area contributed by atoms with Gasteiger partial charge in [0.2, 0.25) is 0 Å². The molecule has 0 saturated carbocycles. The number of ketones is 1. The largest absolute Gasteiger partial charge is 0.465 e. The lowest BCUT2D eigenvalue weighted by molar-refractivity contribution is 0.0548. The van der Waals surface area contributed by atoms with Gasteiger partial charge >= 0.3 is 11.9 Å². The van der Waals surface area contributed by atoms with E-state index in [1.807, 2.05) is 48.5 Å². The number of rotatable bonds is 6. The van der Waals surface area contributed by atoms with Gasteiger partial charge in [0, 0.05) is 11.3 Å². The molecular weight excluding hydrogens is 418 g/mol. The third kappa shape index (κ3) is 3.94. The molecule has 0 atom stereocenters. The van der Waals surface area contributed by atoms with Gasteiger partial charge < -0.3 is 14.0 Å². The van der Waals surface area contributed by atoms with Crippen LogP contribution in [0.5, 0.6) is 0 Å². The third-order valence-corrected chi connectivity index (χ3v) is 5.26. The smallest absolute Gasteiger partial charge is 0.355 e. The number of carbonyl (C=O) groups is 3.